The van der Waals surface area contributed by atoms with Gasteiger partial charge in [0.1, 0.15) is 5.69 Å². The van der Waals surface area contributed by atoms with Crippen molar-refractivity contribution in [3.63, 3.8) is 0 Å². The molecule has 4 rings (SSSR count). The molecule has 3 aromatic rings. The highest BCUT2D eigenvalue weighted by molar-refractivity contribution is 5.92. The summed E-state index contributed by atoms with van der Waals surface area (Å²) < 4.78 is 0. The Labute approximate surface area is 163 Å². The summed E-state index contributed by atoms with van der Waals surface area (Å²) in [7, 11) is 0. The Hall–Kier alpha value is -3.61. The molecular formula is C21H20N6O. The molecule has 1 atom stereocenters. The largest absolute Gasteiger partial charge is 0.330 e. The maximum atomic E-state index is 12.8. The van der Waals surface area contributed by atoms with Crippen molar-refractivity contribution in [2.75, 3.05) is 11.9 Å². The average Bonchev–Trinajstić information content (AvgIpc) is 3.24. The molecule has 3 heterocycles. The van der Waals surface area contributed by atoms with E-state index in [1.165, 1.54) is 0 Å². The summed E-state index contributed by atoms with van der Waals surface area (Å²) >= 11 is 0. The number of hydrogen-bond acceptors (Lipinski definition) is 6. The molecule has 0 unspecified atom stereocenters. The predicted octanol–water partition coefficient (Wildman–Crippen LogP) is 3.39. The van der Waals surface area contributed by atoms with Crippen LogP contribution in [0.1, 0.15) is 30.1 Å². The Morgan fingerprint density at radius 3 is 2.61 bits per heavy atom. The number of rotatable bonds is 5. The lowest BCUT2D eigenvalue weighted by atomic mass is 10.1. The van der Waals surface area contributed by atoms with Crippen LogP contribution in [0.15, 0.2) is 67.3 Å². The number of nitrogens with zero attached hydrogens (tertiary/aromatic N) is 5. The maximum absolute atomic E-state index is 12.8. The minimum atomic E-state index is -0.132. The van der Waals surface area contributed by atoms with Gasteiger partial charge in [0.05, 0.1) is 6.04 Å². The summed E-state index contributed by atoms with van der Waals surface area (Å²) in [6.07, 6.45) is 11.8. The number of carbonyl (C=O) groups is 1. The van der Waals surface area contributed by atoms with Crippen molar-refractivity contribution < 1.29 is 4.79 Å². The minimum Gasteiger partial charge on any atom is -0.330 e. The predicted molar refractivity (Wildman–Crippen MR) is 107 cm³/mol. The first-order valence-electron chi connectivity index (χ1n) is 9.20. The van der Waals surface area contributed by atoms with E-state index >= 15 is 0 Å². The van der Waals surface area contributed by atoms with Gasteiger partial charge in [-0.15, -0.1) is 0 Å². The summed E-state index contributed by atoms with van der Waals surface area (Å²) in [5.74, 6) is 0.994. The molecule has 1 aliphatic heterocycles. The zero-order chi connectivity index (χ0) is 19.2. The molecule has 1 fully saturated rings. The first kappa shape index (κ1) is 17.8. The third kappa shape index (κ3) is 4.03. The van der Waals surface area contributed by atoms with Gasteiger partial charge in [-0.2, -0.15) is 0 Å². The van der Waals surface area contributed by atoms with Gasteiger partial charge in [-0.1, -0.05) is 30.3 Å². The second-order valence-corrected chi connectivity index (χ2v) is 6.42. The van der Waals surface area contributed by atoms with Crippen molar-refractivity contribution in [3.05, 3.63) is 78.5 Å². The van der Waals surface area contributed by atoms with Gasteiger partial charge in [-0.3, -0.25) is 9.78 Å². The lowest BCUT2D eigenvalue weighted by Crippen LogP contribution is -2.30. The fourth-order valence-corrected chi connectivity index (χ4v) is 3.30. The van der Waals surface area contributed by atoms with Gasteiger partial charge in [0.15, 0.2) is 5.82 Å². The molecule has 140 valence electrons. The maximum Gasteiger partial charge on any atom is 0.247 e. The zero-order valence-electron chi connectivity index (χ0n) is 15.3. The standard InChI is InChI=1S/C21H20N6O/c28-18(10-9-16-6-2-1-3-7-16)27-15-4-8-17(27)19-20(23-14-13-22-19)26-21-24-11-5-12-25-21/h1-3,5-7,9-14,17H,4,8,15H2,(H,23,24,25,26)/b10-9+/t17-/m1/s1. The van der Waals surface area contributed by atoms with Gasteiger partial charge in [0, 0.05) is 37.4 Å². The van der Waals surface area contributed by atoms with E-state index in [0.717, 1.165) is 24.1 Å². The molecule has 2 aromatic heterocycles. The molecule has 0 radical (unpaired) electrons. The molecule has 7 nitrogen and oxygen atoms in total. The van der Waals surface area contributed by atoms with Crippen LogP contribution < -0.4 is 5.32 Å². The lowest BCUT2D eigenvalue weighted by molar-refractivity contribution is -0.126. The van der Waals surface area contributed by atoms with E-state index in [1.54, 1.807) is 36.9 Å². The molecule has 28 heavy (non-hydrogen) atoms. The zero-order valence-corrected chi connectivity index (χ0v) is 15.3. The number of hydrogen-bond donors (Lipinski definition) is 1. The van der Waals surface area contributed by atoms with Gasteiger partial charge >= 0.3 is 0 Å². The van der Waals surface area contributed by atoms with Gasteiger partial charge < -0.3 is 10.2 Å². The monoisotopic (exact) mass is 372 g/mol. The van der Waals surface area contributed by atoms with E-state index in [-0.39, 0.29) is 11.9 Å². The van der Waals surface area contributed by atoms with Crippen LogP contribution in [-0.4, -0.2) is 37.3 Å². The molecule has 7 heteroatoms. The topological polar surface area (TPSA) is 83.9 Å². The number of nitrogens with one attached hydrogen (secondary N) is 1. The van der Waals surface area contributed by atoms with Crippen molar-refractivity contribution >= 4 is 23.7 Å². The van der Waals surface area contributed by atoms with E-state index in [4.69, 9.17) is 0 Å². The molecule has 0 spiro atoms. The van der Waals surface area contributed by atoms with Crippen LogP contribution in [-0.2, 0) is 4.79 Å². The minimum absolute atomic E-state index is 0.0288. The molecule has 0 bridgehead atoms. The van der Waals surface area contributed by atoms with Crippen molar-refractivity contribution in [1.29, 1.82) is 0 Å². The molecule has 0 aliphatic carbocycles. The number of benzene rings is 1. The van der Waals surface area contributed by atoms with Crippen LogP contribution >= 0.6 is 0 Å². The van der Waals surface area contributed by atoms with Crippen molar-refractivity contribution in [3.8, 4) is 0 Å². The first-order chi connectivity index (χ1) is 13.8. The highest BCUT2D eigenvalue weighted by atomic mass is 16.2. The number of amides is 1. The summed E-state index contributed by atoms with van der Waals surface area (Å²) in [6.45, 7) is 0.695. The van der Waals surface area contributed by atoms with Crippen LogP contribution in [0.5, 0.6) is 0 Å². The smallest absolute Gasteiger partial charge is 0.247 e. The summed E-state index contributed by atoms with van der Waals surface area (Å²) in [5, 5.41) is 3.11. The van der Waals surface area contributed by atoms with Crippen LogP contribution in [0, 0.1) is 0 Å². The molecule has 0 saturated carbocycles. The summed E-state index contributed by atoms with van der Waals surface area (Å²) in [5.41, 5.74) is 1.73. The van der Waals surface area contributed by atoms with E-state index < -0.39 is 0 Å². The third-order valence-corrected chi connectivity index (χ3v) is 4.59. The Bertz CT molecular complexity index is 961. The average molecular weight is 372 g/mol. The summed E-state index contributed by atoms with van der Waals surface area (Å²) in [4.78, 5) is 31.9. The Morgan fingerprint density at radius 1 is 1.00 bits per heavy atom. The normalized spacial score (nSPS) is 16.4. The van der Waals surface area contributed by atoms with Crippen LogP contribution in [0.25, 0.3) is 6.08 Å². The molecule has 1 saturated heterocycles. The van der Waals surface area contributed by atoms with Gasteiger partial charge in [0.25, 0.3) is 0 Å². The number of anilines is 2. The Morgan fingerprint density at radius 2 is 1.79 bits per heavy atom. The fourth-order valence-electron chi connectivity index (χ4n) is 3.30. The first-order valence-corrected chi connectivity index (χ1v) is 9.20. The van der Waals surface area contributed by atoms with Crippen LogP contribution in [0.3, 0.4) is 0 Å². The Balaban J connectivity index is 1.55. The van der Waals surface area contributed by atoms with E-state index in [0.29, 0.717) is 18.3 Å². The highest BCUT2D eigenvalue weighted by Crippen LogP contribution is 2.34. The molecule has 1 N–H and O–H groups in total. The number of aromatic nitrogens is 4. The van der Waals surface area contributed by atoms with Gasteiger partial charge in [-0.25, -0.2) is 15.0 Å². The van der Waals surface area contributed by atoms with E-state index in [1.807, 2.05) is 41.3 Å². The van der Waals surface area contributed by atoms with Gasteiger partial charge in [-0.05, 0) is 30.5 Å². The highest BCUT2D eigenvalue weighted by Gasteiger charge is 2.32. The van der Waals surface area contributed by atoms with Crippen molar-refractivity contribution in [1.82, 2.24) is 24.8 Å². The van der Waals surface area contributed by atoms with Crippen molar-refractivity contribution in [2.45, 2.75) is 18.9 Å². The lowest BCUT2D eigenvalue weighted by Gasteiger charge is -2.24. The quantitative estimate of drug-likeness (QED) is 0.691. The number of likely N-dealkylation sites (tertiary alicyclic amines) is 1. The number of carbonyl (C=O) groups excluding carboxylic acids is 1. The SMILES string of the molecule is O=C(/C=C/c1ccccc1)N1CCC[C@@H]1c1nccnc1Nc1ncccn1. The van der Waals surface area contributed by atoms with Crippen LogP contribution in [0.4, 0.5) is 11.8 Å². The molecule has 1 aromatic carbocycles. The van der Waals surface area contributed by atoms with Gasteiger partial charge in [0.2, 0.25) is 11.9 Å². The molecule has 1 aliphatic rings. The Kier molecular flexibility index (Phi) is 5.33. The van der Waals surface area contributed by atoms with E-state index in [2.05, 4.69) is 25.3 Å². The van der Waals surface area contributed by atoms with E-state index in [9.17, 15) is 4.79 Å². The third-order valence-electron chi connectivity index (χ3n) is 4.59. The fraction of sp³-hybridized carbons (Fsp3) is 0.190. The van der Waals surface area contributed by atoms with Crippen molar-refractivity contribution in [2.24, 2.45) is 0 Å². The molecular weight excluding hydrogens is 352 g/mol. The summed E-state index contributed by atoms with van der Waals surface area (Å²) in [6, 6.07) is 11.4. The van der Waals surface area contributed by atoms with Crippen LogP contribution in [0.2, 0.25) is 0 Å². The molecule has 1 amide bonds. The second kappa shape index (κ2) is 8.39. The second-order valence-electron chi connectivity index (χ2n) is 6.42.